The summed E-state index contributed by atoms with van der Waals surface area (Å²) in [6, 6.07) is 13.2. The first-order valence-electron chi connectivity index (χ1n) is 8.39. The molecule has 0 aliphatic rings. The molecule has 2 amide bonds. The molecular weight excluding hydrogens is 334 g/mol. The van der Waals surface area contributed by atoms with Gasteiger partial charge in [-0.3, -0.25) is 10.1 Å². The molecule has 1 unspecified atom stereocenters. The number of nitro groups is 1. The number of rotatable bonds is 7. The monoisotopic (exact) mass is 357 g/mol. The molecule has 0 fully saturated rings. The second-order valence-corrected chi connectivity index (χ2v) is 6.21. The lowest BCUT2D eigenvalue weighted by Gasteiger charge is -2.17. The van der Waals surface area contributed by atoms with Crippen molar-refractivity contribution >= 4 is 11.7 Å². The van der Waals surface area contributed by atoms with E-state index in [-0.39, 0.29) is 30.4 Å². The van der Waals surface area contributed by atoms with Crippen molar-refractivity contribution in [3.63, 3.8) is 0 Å². The average Bonchev–Trinajstić information content (AvgIpc) is 2.60. The number of nitrogens with zero attached hydrogens (tertiary/aromatic N) is 1. The Hall–Kier alpha value is -3.09. The number of nitrogens with one attached hydrogen (secondary N) is 2. The Balaban J connectivity index is 1.91. The number of hydrogen-bond acceptors (Lipinski definition) is 4. The summed E-state index contributed by atoms with van der Waals surface area (Å²) in [6.45, 7) is 5.99. The van der Waals surface area contributed by atoms with E-state index in [2.05, 4.69) is 10.6 Å². The van der Waals surface area contributed by atoms with Crippen LogP contribution in [0.1, 0.15) is 37.9 Å². The van der Waals surface area contributed by atoms with Gasteiger partial charge < -0.3 is 15.4 Å². The van der Waals surface area contributed by atoms with Crippen LogP contribution in [0.5, 0.6) is 5.75 Å². The molecular formula is C19H23N3O4. The van der Waals surface area contributed by atoms with Crippen molar-refractivity contribution in [2.45, 2.75) is 39.5 Å². The van der Waals surface area contributed by atoms with E-state index in [1.807, 2.05) is 45.0 Å². The molecule has 0 aliphatic heterocycles. The number of amides is 2. The van der Waals surface area contributed by atoms with Gasteiger partial charge in [0.05, 0.1) is 17.1 Å². The van der Waals surface area contributed by atoms with Crippen LogP contribution in [0.4, 0.5) is 10.5 Å². The summed E-state index contributed by atoms with van der Waals surface area (Å²) in [4.78, 5) is 22.4. The van der Waals surface area contributed by atoms with Gasteiger partial charge in [0.2, 0.25) is 0 Å². The van der Waals surface area contributed by atoms with E-state index >= 15 is 0 Å². The standard InChI is InChI=1S/C19H23N3O4/c1-13(2)26-18-9-5-7-16(11-18)14(3)21-19(23)20-12-15-6-4-8-17(10-15)22(24)25/h4-11,13-14H,12H2,1-3H3,(H2,20,21,23). The number of benzene rings is 2. The van der Waals surface area contributed by atoms with Crippen LogP contribution in [-0.2, 0) is 6.54 Å². The highest BCUT2D eigenvalue weighted by Gasteiger charge is 2.11. The summed E-state index contributed by atoms with van der Waals surface area (Å²) in [6.07, 6.45) is 0.0757. The molecule has 7 nitrogen and oxygen atoms in total. The lowest BCUT2D eigenvalue weighted by Crippen LogP contribution is -2.36. The zero-order valence-electron chi connectivity index (χ0n) is 15.1. The average molecular weight is 357 g/mol. The number of non-ortho nitro benzene ring substituents is 1. The second-order valence-electron chi connectivity index (χ2n) is 6.21. The Kier molecular flexibility index (Phi) is 6.54. The number of carbonyl (C=O) groups is 1. The predicted molar refractivity (Wildman–Crippen MR) is 99.1 cm³/mol. The van der Waals surface area contributed by atoms with Crippen LogP contribution in [-0.4, -0.2) is 17.1 Å². The van der Waals surface area contributed by atoms with Crippen LogP contribution >= 0.6 is 0 Å². The molecule has 0 saturated heterocycles. The summed E-state index contributed by atoms with van der Waals surface area (Å²) in [5.74, 6) is 0.753. The Morgan fingerprint density at radius 2 is 1.88 bits per heavy atom. The Morgan fingerprint density at radius 1 is 1.15 bits per heavy atom. The number of nitro benzene ring substituents is 1. The fraction of sp³-hybridized carbons (Fsp3) is 0.316. The van der Waals surface area contributed by atoms with Gasteiger partial charge in [-0.15, -0.1) is 0 Å². The molecule has 0 spiro atoms. The molecule has 0 aromatic heterocycles. The van der Waals surface area contributed by atoms with Crippen molar-refractivity contribution in [2.24, 2.45) is 0 Å². The molecule has 26 heavy (non-hydrogen) atoms. The summed E-state index contributed by atoms with van der Waals surface area (Å²) in [5.41, 5.74) is 1.59. The lowest BCUT2D eigenvalue weighted by molar-refractivity contribution is -0.384. The SMILES string of the molecule is CC(C)Oc1cccc(C(C)NC(=O)NCc2cccc([N+](=O)[O-])c2)c1. The van der Waals surface area contributed by atoms with E-state index in [9.17, 15) is 14.9 Å². The van der Waals surface area contributed by atoms with Gasteiger partial charge in [-0.25, -0.2) is 4.79 Å². The minimum Gasteiger partial charge on any atom is -0.491 e. The highest BCUT2D eigenvalue weighted by molar-refractivity contribution is 5.74. The molecule has 0 aliphatic carbocycles. The van der Waals surface area contributed by atoms with Crippen molar-refractivity contribution < 1.29 is 14.5 Å². The smallest absolute Gasteiger partial charge is 0.315 e. The molecule has 0 saturated carbocycles. The zero-order valence-corrected chi connectivity index (χ0v) is 15.1. The van der Waals surface area contributed by atoms with Crippen LogP contribution in [0.25, 0.3) is 0 Å². The first-order valence-corrected chi connectivity index (χ1v) is 8.39. The minimum absolute atomic E-state index is 0.0000405. The van der Waals surface area contributed by atoms with E-state index in [0.29, 0.717) is 5.56 Å². The summed E-state index contributed by atoms with van der Waals surface area (Å²) < 4.78 is 5.66. The molecule has 138 valence electrons. The van der Waals surface area contributed by atoms with Crippen LogP contribution in [0, 0.1) is 10.1 Å². The van der Waals surface area contributed by atoms with E-state index < -0.39 is 4.92 Å². The second kappa shape index (κ2) is 8.84. The van der Waals surface area contributed by atoms with Gasteiger partial charge in [0, 0.05) is 18.7 Å². The zero-order chi connectivity index (χ0) is 19.1. The fourth-order valence-corrected chi connectivity index (χ4v) is 2.42. The van der Waals surface area contributed by atoms with Gasteiger partial charge in [-0.2, -0.15) is 0 Å². The quantitative estimate of drug-likeness (QED) is 0.580. The third-order valence-corrected chi connectivity index (χ3v) is 3.65. The van der Waals surface area contributed by atoms with Crippen LogP contribution in [0.15, 0.2) is 48.5 Å². The molecule has 2 N–H and O–H groups in total. The fourth-order valence-electron chi connectivity index (χ4n) is 2.42. The summed E-state index contributed by atoms with van der Waals surface area (Å²) in [7, 11) is 0. The van der Waals surface area contributed by atoms with Crippen molar-refractivity contribution in [3.05, 3.63) is 69.8 Å². The Labute approximate surface area is 152 Å². The van der Waals surface area contributed by atoms with Gasteiger partial charge in [-0.05, 0) is 44.0 Å². The molecule has 2 aromatic rings. The minimum atomic E-state index is -0.460. The summed E-state index contributed by atoms with van der Waals surface area (Å²) >= 11 is 0. The predicted octanol–water partition coefficient (Wildman–Crippen LogP) is 3.94. The van der Waals surface area contributed by atoms with Crippen molar-refractivity contribution in [2.75, 3.05) is 0 Å². The topological polar surface area (TPSA) is 93.5 Å². The maximum Gasteiger partial charge on any atom is 0.315 e. The molecule has 0 bridgehead atoms. The van der Waals surface area contributed by atoms with E-state index in [1.165, 1.54) is 12.1 Å². The van der Waals surface area contributed by atoms with E-state index in [4.69, 9.17) is 4.74 Å². The molecule has 2 rings (SSSR count). The third-order valence-electron chi connectivity index (χ3n) is 3.65. The highest BCUT2D eigenvalue weighted by Crippen LogP contribution is 2.20. The van der Waals surface area contributed by atoms with Crippen molar-refractivity contribution in [1.29, 1.82) is 0 Å². The Bertz CT molecular complexity index is 777. The molecule has 2 aromatic carbocycles. The molecule has 0 heterocycles. The number of carbonyl (C=O) groups excluding carboxylic acids is 1. The maximum absolute atomic E-state index is 12.1. The van der Waals surface area contributed by atoms with Gasteiger partial charge in [-0.1, -0.05) is 24.3 Å². The van der Waals surface area contributed by atoms with Crippen LogP contribution in [0.3, 0.4) is 0 Å². The molecule has 0 radical (unpaired) electrons. The van der Waals surface area contributed by atoms with Gasteiger partial charge in [0.15, 0.2) is 0 Å². The first-order chi connectivity index (χ1) is 12.3. The maximum atomic E-state index is 12.1. The van der Waals surface area contributed by atoms with E-state index in [0.717, 1.165) is 11.3 Å². The van der Waals surface area contributed by atoms with E-state index in [1.54, 1.807) is 12.1 Å². The van der Waals surface area contributed by atoms with Gasteiger partial charge >= 0.3 is 6.03 Å². The highest BCUT2D eigenvalue weighted by atomic mass is 16.6. The third kappa shape index (κ3) is 5.77. The van der Waals surface area contributed by atoms with Crippen LogP contribution in [0.2, 0.25) is 0 Å². The normalized spacial score (nSPS) is 11.7. The largest absolute Gasteiger partial charge is 0.491 e. The van der Waals surface area contributed by atoms with Crippen LogP contribution < -0.4 is 15.4 Å². The van der Waals surface area contributed by atoms with Gasteiger partial charge in [0.25, 0.3) is 5.69 Å². The lowest BCUT2D eigenvalue weighted by atomic mass is 10.1. The molecule has 1 atom stereocenters. The Morgan fingerprint density at radius 3 is 2.58 bits per heavy atom. The number of ether oxygens (including phenoxy) is 1. The van der Waals surface area contributed by atoms with Crippen molar-refractivity contribution in [1.82, 2.24) is 10.6 Å². The summed E-state index contributed by atoms with van der Waals surface area (Å²) in [5, 5.41) is 16.3. The molecule has 7 heteroatoms. The van der Waals surface area contributed by atoms with Crippen molar-refractivity contribution in [3.8, 4) is 5.75 Å². The number of hydrogen-bond donors (Lipinski definition) is 2. The first kappa shape index (κ1) is 19.2. The number of urea groups is 1. The van der Waals surface area contributed by atoms with Gasteiger partial charge in [0.1, 0.15) is 5.75 Å².